The van der Waals surface area contributed by atoms with Gasteiger partial charge in [-0.25, -0.2) is 0 Å². The Morgan fingerprint density at radius 3 is 1.12 bits per heavy atom. The molecule has 3 amide bonds. The molecule has 5 saturated heterocycles. The first-order valence-corrected chi connectivity index (χ1v) is 45.1. The van der Waals surface area contributed by atoms with E-state index in [4.69, 9.17) is 93.3 Å². The van der Waals surface area contributed by atoms with Crippen LogP contribution in [0.1, 0.15) is 143 Å². The van der Waals surface area contributed by atoms with Crippen molar-refractivity contribution in [3.05, 3.63) is 288 Å². The standard InChI is InChI=1S/C35H39Cl2N3O2.C33H35Cl2N3O3.C31H33Cl2N3O3/c1-42-33-8-3-7-31-32(35(41)38-22-26-5-2-6-28(37)19-26)23-39(34(31)33)17-4-18-40-29-15-16-30(40)21-25(20-29)10-9-24-11-13-27(36)14-12-24;1-40-31-8-3-7-29-30(33(39)36-20-22-5-2-6-24(35)17-22)21-37(32(29)31)15-4-16-38-25-11-12-26(38)19-28(18-25)41-27-13-9-23(34)10-14-27;1-38-29-10-3-9-27-28(31(37)34-19-22-6-2-7-24(33)18-22)21-36(30(27)29)17-5-16-35-15-4-8-26(20-35)39-25-13-11-23(32)12-14-25/h2-3,5-8,11-14,19,23,25,29-30H,4,9-10,15-18,20-22H2,1H3,(H,38,41);2-3,5-10,13-14,17,21,25-26,28H,4,11-12,15-16,18-20H2,1H3,(H,36,39);2-3,6-7,9-14,18,21,26H,4-5,8,15-17,19-20H2,1H3,(H,34,37). The number of nitrogens with one attached hydrogen (secondary N) is 3. The Bertz CT molecular complexity index is 5520. The first-order valence-electron chi connectivity index (χ1n) is 42.8. The van der Waals surface area contributed by atoms with Gasteiger partial charge in [0, 0.05) is 148 Å². The molecule has 0 saturated carbocycles. The fraction of sp³-hybridized carbons (Fsp3) is 0.364. The number of hydrogen-bond donors (Lipinski definition) is 3. The molecule has 3 N–H and O–H groups in total. The van der Waals surface area contributed by atoms with Gasteiger partial charge in [-0.05, 0) is 253 Å². The molecule has 122 heavy (non-hydrogen) atoms. The maximum Gasteiger partial charge on any atom is 0.253 e. The molecular weight excluding hydrogens is 1660 g/mol. The third kappa shape index (κ3) is 22.2. The third-order valence-electron chi connectivity index (χ3n) is 24.8. The Hall–Kier alpha value is -9.37. The van der Waals surface area contributed by atoms with E-state index in [0.29, 0.717) is 80.6 Å². The van der Waals surface area contributed by atoms with Gasteiger partial charge in [0.05, 0.1) is 54.6 Å². The number of ether oxygens (including phenoxy) is 5. The number of fused-ring (bicyclic) bond motifs is 7. The Balaban J connectivity index is 0.000000142. The summed E-state index contributed by atoms with van der Waals surface area (Å²) in [4.78, 5) is 47.8. The Morgan fingerprint density at radius 2 is 0.738 bits per heavy atom. The van der Waals surface area contributed by atoms with Crippen molar-refractivity contribution in [2.75, 3.05) is 54.1 Å². The monoisotopic (exact) mass is 1760 g/mol. The predicted molar refractivity (Wildman–Crippen MR) is 493 cm³/mol. The van der Waals surface area contributed by atoms with E-state index in [1.165, 1.54) is 50.5 Å². The zero-order valence-corrected chi connectivity index (χ0v) is 74.0. The number of methoxy groups -OCH3 is 3. The van der Waals surface area contributed by atoms with Crippen molar-refractivity contribution in [2.45, 2.75) is 172 Å². The molecular formula is C99H107Cl6N9O8. The fourth-order valence-corrected chi connectivity index (χ4v) is 20.1. The molecule has 12 aromatic rings. The van der Waals surface area contributed by atoms with E-state index in [1.54, 1.807) is 21.3 Å². The topological polar surface area (TPSA) is 158 Å². The highest BCUT2D eigenvalue weighted by Crippen LogP contribution is 2.43. The summed E-state index contributed by atoms with van der Waals surface area (Å²) < 4.78 is 36.2. The summed E-state index contributed by atoms with van der Waals surface area (Å²) in [5, 5.41) is 16.1. The molecule has 4 bridgehead atoms. The average molecular weight is 1760 g/mol. The van der Waals surface area contributed by atoms with Crippen LogP contribution in [0.3, 0.4) is 0 Å². The highest BCUT2D eigenvalue weighted by Gasteiger charge is 2.42. The van der Waals surface area contributed by atoms with E-state index < -0.39 is 0 Å². The van der Waals surface area contributed by atoms with Crippen molar-refractivity contribution in [3.8, 4) is 28.7 Å². The number of rotatable bonds is 31. The molecule has 5 aliphatic rings. The first-order chi connectivity index (χ1) is 59.5. The molecule has 638 valence electrons. The second-order valence-corrected chi connectivity index (χ2v) is 35.4. The van der Waals surface area contributed by atoms with E-state index >= 15 is 0 Å². The first kappa shape index (κ1) is 87.5. The molecule has 0 aliphatic carbocycles. The van der Waals surface area contributed by atoms with Crippen LogP contribution in [-0.2, 0) is 45.7 Å². The lowest BCUT2D eigenvalue weighted by molar-refractivity contribution is 0.0482. The number of carbonyl (C=O) groups is 3. The summed E-state index contributed by atoms with van der Waals surface area (Å²) >= 11 is 36.5. The molecule has 5 aliphatic heterocycles. The van der Waals surface area contributed by atoms with Crippen molar-refractivity contribution < 1.29 is 38.1 Å². The molecule has 17 nitrogen and oxygen atoms in total. The Morgan fingerprint density at radius 1 is 0.377 bits per heavy atom. The second kappa shape index (κ2) is 41.9. The van der Waals surface area contributed by atoms with E-state index in [9.17, 15) is 14.4 Å². The number of carbonyl (C=O) groups excluding carboxylic acids is 3. The number of aromatic nitrogens is 3. The number of aryl methyl sites for hydroxylation is 4. The molecule has 23 heteroatoms. The molecule has 8 heterocycles. The molecule has 0 radical (unpaired) electrons. The number of halogens is 6. The zero-order chi connectivity index (χ0) is 84.6. The average Bonchev–Trinajstić information content (AvgIpc) is 1.64. The number of nitrogens with zero attached hydrogens (tertiary/aromatic N) is 6. The largest absolute Gasteiger partial charge is 0.495 e. The minimum Gasteiger partial charge on any atom is -0.495 e. The quantitative estimate of drug-likeness (QED) is 0.0380. The maximum atomic E-state index is 13.3. The number of likely N-dealkylation sites (tertiary alicyclic amines) is 1. The molecule has 0 spiro atoms. The van der Waals surface area contributed by atoms with Crippen LogP contribution in [0.2, 0.25) is 30.1 Å². The van der Waals surface area contributed by atoms with Gasteiger partial charge in [-0.1, -0.05) is 155 Å². The highest BCUT2D eigenvalue weighted by atomic mass is 35.5. The SMILES string of the molecule is COc1cccc2c(C(=O)NCc3cccc(Cl)c3)cn(CCCN3C4CCC3CC(CCc3ccc(Cl)cc3)C4)c12.COc1cccc2c(C(=O)NCc3cccc(Cl)c3)cn(CCCN3C4CCC3CC(Oc3ccc(Cl)cc3)C4)c12.COc1cccc2c(C(=O)NCc3cccc(Cl)c3)cn(CCCN3CCCC(Oc4ccc(Cl)cc4)C3)c12. The Kier molecular flexibility index (Phi) is 30.0. The van der Waals surface area contributed by atoms with E-state index in [-0.39, 0.29) is 29.9 Å². The van der Waals surface area contributed by atoms with Crippen LogP contribution < -0.4 is 39.6 Å². The molecule has 5 atom stereocenters. The zero-order valence-electron chi connectivity index (χ0n) is 69.4. The van der Waals surface area contributed by atoms with Crippen molar-refractivity contribution in [1.29, 1.82) is 0 Å². The van der Waals surface area contributed by atoms with Gasteiger partial charge < -0.3 is 53.3 Å². The third-order valence-corrected chi connectivity index (χ3v) is 26.2. The van der Waals surface area contributed by atoms with Gasteiger partial charge in [-0.15, -0.1) is 0 Å². The van der Waals surface area contributed by atoms with Crippen LogP contribution >= 0.6 is 69.6 Å². The van der Waals surface area contributed by atoms with Crippen LogP contribution in [0.4, 0.5) is 0 Å². The highest BCUT2D eigenvalue weighted by molar-refractivity contribution is 6.32. The number of para-hydroxylation sites is 3. The second-order valence-electron chi connectivity index (χ2n) is 32.8. The lowest BCUT2D eigenvalue weighted by Crippen LogP contribution is -2.46. The van der Waals surface area contributed by atoms with E-state index in [1.807, 2.05) is 207 Å². The van der Waals surface area contributed by atoms with Crippen molar-refractivity contribution in [1.82, 2.24) is 44.4 Å². The van der Waals surface area contributed by atoms with Crippen LogP contribution in [-0.4, -0.2) is 137 Å². The molecule has 3 aromatic heterocycles. The van der Waals surface area contributed by atoms with Crippen LogP contribution in [0.5, 0.6) is 28.7 Å². The van der Waals surface area contributed by atoms with E-state index in [2.05, 4.69) is 56.5 Å². The number of hydrogen-bond acceptors (Lipinski definition) is 11. The van der Waals surface area contributed by atoms with Crippen LogP contribution in [0.25, 0.3) is 32.7 Å². The van der Waals surface area contributed by atoms with Gasteiger partial charge in [-0.3, -0.25) is 29.1 Å². The summed E-state index contributed by atoms with van der Waals surface area (Å²) in [7, 11) is 5.04. The fourth-order valence-electron chi connectivity index (χ4n) is 19.0. The van der Waals surface area contributed by atoms with Crippen molar-refractivity contribution in [3.63, 3.8) is 0 Å². The molecule has 5 unspecified atom stereocenters. The number of benzene rings is 9. The maximum absolute atomic E-state index is 13.3. The summed E-state index contributed by atoms with van der Waals surface area (Å²) in [6, 6.07) is 66.4. The van der Waals surface area contributed by atoms with Crippen LogP contribution in [0, 0.1) is 5.92 Å². The van der Waals surface area contributed by atoms with Gasteiger partial charge in [0.2, 0.25) is 0 Å². The van der Waals surface area contributed by atoms with Gasteiger partial charge in [0.15, 0.2) is 0 Å². The molecule has 5 fully saturated rings. The minimum atomic E-state index is -0.120. The van der Waals surface area contributed by atoms with Gasteiger partial charge in [0.25, 0.3) is 17.7 Å². The lowest BCUT2D eigenvalue weighted by atomic mass is 9.86. The molecule has 17 rings (SSSR count). The van der Waals surface area contributed by atoms with E-state index in [0.717, 1.165) is 198 Å². The summed E-state index contributed by atoms with van der Waals surface area (Å²) in [5.74, 6) is 4.57. The van der Waals surface area contributed by atoms with Gasteiger partial charge in [0.1, 0.15) is 41.0 Å². The molecule has 9 aromatic carbocycles. The van der Waals surface area contributed by atoms with Gasteiger partial charge in [-0.2, -0.15) is 0 Å². The number of amides is 3. The summed E-state index contributed by atoms with van der Waals surface area (Å²) in [5.41, 5.74) is 9.13. The van der Waals surface area contributed by atoms with Crippen molar-refractivity contribution >= 4 is 120 Å². The lowest BCUT2D eigenvalue weighted by Gasteiger charge is -2.39. The van der Waals surface area contributed by atoms with Crippen molar-refractivity contribution in [2.24, 2.45) is 5.92 Å². The summed E-state index contributed by atoms with van der Waals surface area (Å²) in [6.07, 6.45) is 23.7. The summed E-state index contributed by atoms with van der Waals surface area (Å²) in [6.45, 7) is 8.69. The Labute approximate surface area is 745 Å². The minimum absolute atomic E-state index is 0.0919. The number of piperidine rings is 3. The normalized spacial score (nSPS) is 18.8. The van der Waals surface area contributed by atoms with Gasteiger partial charge >= 0.3 is 0 Å². The smallest absolute Gasteiger partial charge is 0.253 e. The predicted octanol–water partition coefficient (Wildman–Crippen LogP) is 22.3. The van der Waals surface area contributed by atoms with Crippen LogP contribution in [0.15, 0.2) is 219 Å².